The molecule has 2 amide bonds. The van der Waals surface area contributed by atoms with Gasteiger partial charge < -0.3 is 36.2 Å². The second-order valence-electron chi connectivity index (χ2n) is 10.5. The van der Waals surface area contributed by atoms with Gasteiger partial charge in [-0.25, -0.2) is 0 Å². The lowest BCUT2D eigenvalue weighted by molar-refractivity contribution is -0.143. The van der Waals surface area contributed by atoms with Crippen molar-refractivity contribution in [1.29, 1.82) is 0 Å². The summed E-state index contributed by atoms with van der Waals surface area (Å²) in [6.07, 6.45) is -0.660. The van der Waals surface area contributed by atoms with Gasteiger partial charge in [-0.15, -0.1) is 0 Å². The zero-order valence-corrected chi connectivity index (χ0v) is 24.6. The van der Waals surface area contributed by atoms with Crippen LogP contribution >= 0.6 is 15.9 Å². The van der Waals surface area contributed by atoms with Crippen molar-refractivity contribution < 1.29 is 29.3 Å². The third-order valence-electron chi connectivity index (χ3n) is 6.02. The molecule has 216 valence electrons. The number of halogens is 1. The van der Waals surface area contributed by atoms with Crippen molar-refractivity contribution in [3.05, 3.63) is 57.6 Å². The molecule has 2 unspecified atom stereocenters. The van der Waals surface area contributed by atoms with E-state index in [1.54, 1.807) is 6.92 Å². The number of aliphatic hydroxyl groups excluding tert-OH is 1. The largest absolute Gasteiger partial charge is 0.508 e. The Morgan fingerprint density at radius 3 is 2.58 bits per heavy atom. The van der Waals surface area contributed by atoms with E-state index in [2.05, 4.69) is 63.0 Å². The Kier molecular flexibility index (Phi) is 10.5. The number of phenolic OH excluding ortho intramolecular Hbond substituents is 1. The van der Waals surface area contributed by atoms with E-state index in [0.29, 0.717) is 18.2 Å². The molecule has 0 bridgehead atoms. The first-order valence-corrected chi connectivity index (χ1v) is 13.7. The third-order valence-corrected chi connectivity index (χ3v) is 6.48. The van der Waals surface area contributed by atoms with Gasteiger partial charge in [0.25, 0.3) is 5.91 Å². The van der Waals surface area contributed by atoms with Gasteiger partial charge in [0.2, 0.25) is 5.91 Å². The van der Waals surface area contributed by atoms with Gasteiger partial charge in [-0.1, -0.05) is 42.8 Å². The smallest absolute Gasteiger partial charge is 0.308 e. The van der Waals surface area contributed by atoms with Crippen molar-refractivity contribution in [3.63, 3.8) is 0 Å². The number of ether oxygens (including phenoxy) is 1. The lowest BCUT2D eigenvalue weighted by atomic mass is 9.85. The summed E-state index contributed by atoms with van der Waals surface area (Å²) in [4.78, 5) is 42.2. The summed E-state index contributed by atoms with van der Waals surface area (Å²) < 4.78 is 5.93. The van der Waals surface area contributed by atoms with Crippen molar-refractivity contribution in [1.82, 2.24) is 16.0 Å². The molecule has 0 radical (unpaired) electrons. The van der Waals surface area contributed by atoms with Crippen LogP contribution in [-0.2, 0) is 19.7 Å². The third kappa shape index (κ3) is 9.23. The second-order valence-corrected chi connectivity index (χ2v) is 11.4. The number of nitrogens with zero attached hydrogens (tertiary/aromatic N) is 1. The predicted octanol–water partition coefficient (Wildman–Crippen LogP) is 2.72. The first-order chi connectivity index (χ1) is 18.8. The van der Waals surface area contributed by atoms with Crippen LogP contribution < -0.4 is 21.3 Å². The number of esters is 1. The number of benzene rings is 2. The van der Waals surface area contributed by atoms with E-state index in [-0.39, 0.29) is 42.8 Å². The highest BCUT2D eigenvalue weighted by molar-refractivity contribution is 9.10. The molecule has 2 atom stereocenters. The molecule has 2 aromatic carbocycles. The monoisotopic (exact) mass is 617 g/mol. The zero-order valence-electron chi connectivity index (χ0n) is 23.0. The fourth-order valence-corrected chi connectivity index (χ4v) is 4.47. The van der Waals surface area contributed by atoms with Crippen molar-refractivity contribution in [2.24, 2.45) is 4.99 Å². The zero-order chi connectivity index (χ0) is 29.4. The molecule has 0 saturated heterocycles. The summed E-state index contributed by atoms with van der Waals surface area (Å²) in [7, 11) is 0. The number of phenols is 1. The number of aromatic hydroxyl groups is 1. The van der Waals surface area contributed by atoms with Gasteiger partial charge in [-0.3, -0.25) is 19.4 Å². The minimum absolute atomic E-state index is 0.0793. The first-order valence-electron chi connectivity index (χ1n) is 13.0. The Balaban J connectivity index is 1.70. The number of aliphatic imine (C=N–C) groups is 1. The number of β-amino-alcohol motifs (C(OH)–C–C–N with tert-alkyl or cyclic N) is 1. The number of guanidine groups is 1. The van der Waals surface area contributed by atoms with Crippen molar-refractivity contribution >= 4 is 45.4 Å². The predicted molar refractivity (Wildman–Crippen MR) is 155 cm³/mol. The highest BCUT2D eigenvalue weighted by atomic mass is 79.9. The fraction of sp³-hybridized carbons (Fsp3) is 0.429. The number of hydrogen-bond acceptors (Lipinski definition) is 9. The SMILES string of the molecule is CCOC(=O)CC(NC(=O)CNC(=O)c1cc(O)cc(NC2=NCC(O)CN2)c1)c1cc(Br)cc(C(C)(C)C)c1. The molecule has 0 spiro atoms. The molecule has 1 aliphatic heterocycles. The summed E-state index contributed by atoms with van der Waals surface area (Å²) in [5, 5.41) is 30.9. The minimum atomic E-state index is -0.680. The second kappa shape index (κ2) is 13.6. The Bertz CT molecular complexity index is 1280. The highest BCUT2D eigenvalue weighted by Gasteiger charge is 2.23. The van der Waals surface area contributed by atoms with E-state index < -0.39 is 29.9 Å². The average Bonchev–Trinajstić information content (AvgIpc) is 2.87. The molecule has 0 fully saturated rings. The van der Waals surface area contributed by atoms with E-state index in [9.17, 15) is 24.6 Å². The van der Waals surface area contributed by atoms with Gasteiger partial charge >= 0.3 is 5.97 Å². The quantitative estimate of drug-likeness (QED) is 0.234. The summed E-state index contributed by atoms with van der Waals surface area (Å²) in [6, 6.07) is 9.29. The first kappa shape index (κ1) is 30.9. The lowest BCUT2D eigenvalue weighted by Gasteiger charge is -2.24. The summed E-state index contributed by atoms with van der Waals surface area (Å²) in [5.74, 6) is -1.30. The molecule has 12 heteroatoms. The van der Waals surface area contributed by atoms with E-state index in [0.717, 1.165) is 15.6 Å². The van der Waals surface area contributed by atoms with Crippen LogP contribution in [0.4, 0.5) is 5.69 Å². The molecule has 40 heavy (non-hydrogen) atoms. The molecule has 6 N–H and O–H groups in total. The van der Waals surface area contributed by atoms with Gasteiger partial charge in [0.15, 0.2) is 5.96 Å². The Hall–Kier alpha value is -3.64. The van der Waals surface area contributed by atoms with Crippen LogP contribution in [0.25, 0.3) is 0 Å². The van der Waals surface area contributed by atoms with Crippen LogP contribution in [-0.4, -0.2) is 66.3 Å². The fourth-order valence-electron chi connectivity index (χ4n) is 3.96. The molecular weight excluding hydrogens is 582 g/mol. The number of amides is 2. The van der Waals surface area contributed by atoms with Crippen LogP contribution in [0.5, 0.6) is 5.75 Å². The molecule has 0 aromatic heterocycles. The van der Waals surface area contributed by atoms with Crippen LogP contribution in [0.1, 0.15) is 61.6 Å². The normalized spacial score (nSPS) is 15.8. The van der Waals surface area contributed by atoms with Crippen LogP contribution in [0, 0.1) is 0 Å². The van der Waals surface area contributed by atoms with Crippen LogP contribution in [0.3, 0.4) is 0 Å². The number of anilines is 1. The average molecular weight is 619 g/mol. The maximum atomic E-state index is 12.9. The molecule has 0 saturated carbocycles. The maximum Gasteiger partial charge on any atom is 0.308 e. The summed E-state index contributed by atoms with van der Waals surface area (Å²) >= 11 is 3.52. The van der Waals surface area contributed by atoms with Crippen molar-refractivity contribution in [2.75, 3.05) is 31.6 Å². The van der Waals surface area contributed by atoms with Crippen molar-refractivity contribution in [2.45, 2.75) is 51.7 Å². The molecule has 2 aromatic rings. The lowest BCUT2D eigenvalue weighted by Crippen LogP contribution is -2.42. The topological polar surface area (TPSA) is 161 Å². The van der Waals surface area contributed by atoms with E-state index >= 15 is 0 Å². The summed E-state index contributed by atoms with van der Waals surface area (Å²) in [5.41, 5.74) is 2.10. The Morgan fingerprint density at radius 1 is 1.18 bits per heavy atom. The van der Waals surface area contributed by atoms with E-state index in [1.165, 1.54) is 18.2 Å². The molecule has 11 nitrogen and oxygen atoms in total. The number of carbonyl (C=O) groups is 3. The van der Waals surface area contributed by atoms with Gasteiger partial charge in [0, 0.05) is 28.3 Å². The number of nitrogens with one attached hydrogen (secondary N) is 4. The van der Waals surface area contributed by atoms with E-state index in [1.807, 2.05) is 18.2 Å². The van der Waals surface area contributed by atoms with E-state index in [4.69, 9.17) is 4.74 Å². The minimum Gasteiger partial charge on any atom is -0.508 e. The number of hydrogen-bond donors (Lipinski definition) is 6. The van der Waals surface area contributed by atoms with Gasteiger partial charge in [0.05, 0.1) is 38.3 Å². The van der Waals surface area contributed by atoms with Crippen LogP contribution in [0.15, 0.2) is 45.9 Å². The van der Waals surface area contributed by atoms with Gasteiger partial charge in [-0.2, -0.15) is 0 Å². The molecule has 1 heterocycles. The summed E-state index contributed by atoms with van der Waals surface area (Å²) in [6.45, 7) is 8.32. The van der Waals surface area contributed by atoms with Crippen LogP contribution in [0.2, 0.25) is 0 Å². The molecule has 0 aliphatic carbocycles. The van der Waals surface area contributed by atoms with Gasteiger partial charge in [-0.05, 0) is 47.7 Å². The van der Waals surface area contributed by atoms with Gasteiger partial charge in [0.1, 0.15) is 5.75 Å². The highest BCUT2D eigenvalue weighted by Crippen LogP contribution is 2.30. The number of rotatable bonds is 9. The molecular formula is C28H36BrN5O6. The maximum absolute atomic E-state index is 12.9. The number of aliphatic hydroxyl groups is 1. The Morgan fingerprint density at radius 2 is 1.93 bits per heavy atom. The van der Waals surface area contributed by atoms with Crippen molar-refractivity contribution in [3.8, 4) is 5.75 Å². The molecule has 1 aliphatic rings. The Labute approximate surface area is 241 Å². The molecule has 3 rings (SSSR count). The standard InChI is InChI=1S/C28H36BrN5O6/c1-5-40-25(38)12-23(16-6-18(28(2,3)4)10-19(29)7-16)34-24(37)15-30-26(39)17-8-20(11-21(35)9-17)33-27-31-13-22(36)14-32-27/h6-11,22-23,35-36H,5,12-15H2,1-4H3,(H,30,39)(H,34,37)(H2,31,32,33). The number of carbonyl (C=O) groups excluding carboxylic acids is 3.